The molecule has 1 aliphatic rings. The number of benzene rings is 1. The number of carbonyl (C=O) groups is 1. The van der Waals surface area contributed by atoms with Crippen LogP contribution < -0.4 is 4.74 Å². The number of hydrogen-bond acceptors (Lipinski definition) is 8. The van der Waals surface area contributed by atoms with Gasteiger partial charge >= 0.3 is 13.8 Å². The summed E-state index contributed by atoms with van der Waals surface area (Å²) in [7, 11) is 0.260. The lowest BCUT2D eigenvalue weighted by Gasteiger charge is -2.17. The van der Waals surface area contributed by atoms with E-state index in [1.54, 1.807) is 7.11 Å². The lowest BCUT2D eigenvalue weighted by Crippen LogP contribution is -2.14. The lowest BCUT2D eigenvalue weighted by atomic mass is 10.0. The van der Waals surface area contributed by atoms with Gasteiger partial charge in [0.25, 0.3) is 0 Å². The van der Waals surface area contributed by atoms with E-state index in [1.807, 2.05) is 24.3 Å². The van der Waals surface area contributed by atoms with Crippen LogP contribution in [0.4, 0.5) is 0 Å². The maximum atomic E-state index is 12.1. The van der Waals surface area contributed by atoms with Crippen molar-refractivity contribution in [1.82, 2.24) is 0 Å². The number of ether oxygens (including phenoxy) is 3. The van der Waals surface area contributed by atoms with Gasteiger partial charge in [0, 0.05) is 14.2 Å². The van der Waals surface area contributed by atoms with Crippen LogP contribution in [-0.4, -0.2) is 40.5 Å². The average molecular weight is 386 g/mol. The van der Waals surface area contributed by atoms with Gasteiger partial charge in [0.05, 0.1) is 31.8 Å². The zero-order valence-electron chi connectivity index (χ0n) is 15.2. The minimum atomic E-state index is -3.74. The van der Waals surface area contributed by atoms with Crippen LogP contribution in [0.3, 0.4) is 0 Å². The predicted molar refractivity (Wildman–Crippen MR) is 92.5 cm³/mol. The molecule has 1 heterocycles. The molecule has 1 atom stereocenters. The summed E-state index contributed by atoms with van der Waals surface area (Å²) in [5, 5.41) is 0. The van der Waals surface area contributed by atoms with Crippen molar-refractivity contribution < 1.29 is 37.1 Å². The van der Waals surface area contributed by atoms with Crippen molar-refractivity contribution in [3.05, 3.63) is 41.2 Å². The zero-order chi connectivity index (χ0) is 19.2. The largest absolute Gasteiger partial charge is 0.529 e. The first-order chi connectivity index (χ1) is 12.4. The van der Waals surface area contributed by atoms with Crippen LogP contribution in [-0.2, 0) is 39.0 Å². The van der Waals surface area contributed by atoms with Crippen LogP contribution in [0.5, 0.6) is 5.75 Å². The normalized spacial score (nSPS) is 19.2. The molecule has 2 rings (SSSR count). The second-order valence-electron chi connectivity index (χ2n) is 5.53. The van der Waals surface area contributed by atoms with E-state index in [1.165, 1.54) is 21.1 Å². The maximum absolute atomic E-state index is 12.1. The predicted octanol–water partition coefficient (Wildman–Crippen LogP) is 3.08. The van der Waals surface area contributed by atoms with Crippen molar-refractivity contribution in [2.45, 2.75) is 13.5 Å². The van der Waals surface area contributed by atoms with E-state index in [2.05, 4.69) is 0 Å². The Morgan fingerprint density at radius 2 is 1.85 bits per heavy atom. The topological polar surface area (TPSA) is 89.5 Å². The first-order valence-electron chi connectivity index (χ1n) is 7.92. The highest BCUT2D eigenvalue weighted by atomic mass is 31.2. The van der Waals surface area contributed by atoms with E-state index in [4.69, 9.17) is 27.8 Å². The van der Waals surface area contributed by atoms with E-state index in [-0.39, 0.29) is 30.5 Å². The molecule has 0 aromatic heterocycles. The molecule has 144 valence electrons. The minimum Gasteiger partial charge on any atom is -0.497 e. The number of cyclic esters (lactones) is 1. The Bertz CT molecular complexity index is 689. The molecule has 8 nitrogen and oxygen atoms in total. The monoisotopic (exact) mass is 386 g/mol. The number of phosphoric ester groups is 1. The molecule has 0 N–H and O–H groups in total. The number of carbonyl (C=O) groups excluding carboxylic acids is 1. The second-order valence-corrected chi connectivity index (χ2v) is 7.34. The van der Waals surface area contributed by atoms with Crippen molar-refractivity contribution in [3.63, 3.8) is 0 Å². The Morgan fingerprint density at radius 1 is 1.19 bits per heavy atom. The molecule has 0 bridgehead atoms. The third kappa shape index (κ3) is 5.08. The van der Waals surface area contributed by atoms with Crippen molar-refractivity contribution in [1.29, 1.82) is 0 Å². The second kappa shape index (κ2) is 9.19. The molecule has 1 fully saturated rings. The molecule has 0 spiro atoms. The van der Waals surface area contributed by atoms with Crippen LogP contribution in [0.1, 0.15) is 12.5 Å². The van der Waals surface area contributed by atoms with Gasteiger partial charge in [0.2, 0.25) is 0 Å². The summed E-state index contributed by atoms with van der Waals surface area (Å²) in [6.45, 7) is 2.30. The van der Waals surface area contributed by atoms with Gasteiger partial charge in [0.15, 0.2) is 0 Å². The van der Waals surface area contributed by atoms with Gasteiger partial charge in [0.1, 0.15) is 18.1 Å². The molecule has 0 radical (unpaired) electrons. The molecule has 9 heteroatoms. The Kier molecular flexibility index (Phi) is 7.23. The Morgan fingerprint density at radius 3 is 2.42 bits per heavy atom. The highest BCUT2D eigenvalue weighted by Crippen LogP contribution is 2.50. The molecule has 26 heavy (non-hydrogen) atoms. The van der Waals surface area contributed by atoms with E-state index in [9.17, 15) is 9.36 Å². The average Bonchev–Trinajstić information content (AvgIpc) is 3.02. The molecular formula is C17H23O8P. The third-order valence-corrected chi connectivity index (χ3v) is 5.26. The molecule has 0 amide bonds. The molecule has 0 aliphatic carbocycles. The van der Waals surface area contributed by atoms with Gasteiger partial charge in [-0.25, -0.2) is 9.36 Å². The summed E-state index contributed by atoms with van der Waals surface area (Å²) in [6.07, 6.45) is 0. The third-order valence-electron chi connectivity index (χ3n) is 3.87. The fraction of sp³-hybridized carbons (Fsp3) is 0.471. The number of phosphoric acid groups is 1. The Balaban J connectivity index is 1.99. The summed E-state index contributed by atoms with van der Waals surface area (Å²) in [4.78, 5) is 12.0. The highest BCUT2D eigenvalue weighted by Gasteiger charge is 2.36. The van der Waals surface area contributed by atoms with Gasteiger partial charge < -0.3 is 18.7 Å². The maximum Gasteiger partial charge on any atom is 0.529 e. The van der Waals surface area contributed by atoms with Crippen molar-refractivity contribution in [3.8, 4) is 5.75 Å². The minimum absolute atomic E-state index is 0.137. The van der Waals surface area contributed by atoms with Crippen molar-refractivity contribution >= 4 is 13.8 Å². The summed E-state index contributed by atoms with van der Waals surface area (Å²) in [5.41, 5.74) is 1.24. The zero-order valence-corrected chi connectivity index (χ0v) is 16.1. The SMILES string of the molecule is COc1ccc(COCC2COC(=O)/C2=C(/C)OP(=O)(OC)OC)cc1. The van der Waals surface area contributed by atoms with Gasteiger partial charge in [-0.3, -0.25) is 9.05 Å². The van der Waals surface area contributed by atoms with Crippen LogP contribution in [0.15, 0.2) is 35.6 Å². The Hall–Kier alpha value is -1.86. The Labute approximate surface area is 152 Å². The van der Waals surface area contributed by atoms with Crippen molar-refractivity contribution in [2.24, 2.45) is 5.92 Å². The number of rotatable bonds is 9. The fourth-order valence-electron chi connectivity index (χ4n) is 2.47. The van der Waals surface area contributed by atoms with E-state index in [0.717, 1.165) is 11.3 Å². The summed E-state index contributed by atoms with van der Waals surface area (Å²) in [5.74, 6) is 0.0436. The lowest BCUT2D eigenvalue weighted by molar-refractivity contribution is -0.135. The number of methoxy groups -OCH3 is 1. The van der Waals surface area contributed by atoms with Crippen LogP contribution >= 0.6 is 7.82 Å². The fourth-order valence-corrected chi connectivity index (χ4v) is 3.21. The highest BCUT2D eigenvalue weighted by molar-refractivity contribution is 7.48. The van der Waals surface area contributed by atoms with Gasteiger partial charge in [-0.1, -0.05) is 12.1 Å². The van der Waals surface area contributed by atoms with Crippen LogP contribution in [0, 0.1) is 5.92 Å². The molecule has 1 aliphatic heterocycles. The van der Waals surface area contributed by atoms with Gasteiger partial charge in [-0.05, 0) is 24.6 Å². The number of allylic oxidation sites excluding steroid dienone is 1. The molecule has 1 aromatic rings. The first-order valence-corrected chi connectivity index (χ1v) is 9.38. The summed E-state index contributed by atoms with van der Waals surface area (Å²) >= 11 is 0. The van der Waals surface area contributed by atoms with Crippen molar-refractivity contribution in [2.75, 3.05) is 34.5 Å². The van der Waals surface area contributed by atoms with E-state index >= 15 is 0 Å². The molecule has 0 saturated carbocycles. The van der Waals surface area contributed by atoms with E-state index in [0.29, 0.717) is 6.61 Å². The van der Waals surface area contributed by atoms with Crippen LogP contribution in [0.2, 0.25) is 0 Å². The molecule has 1 aromatic carbocycles. The molecular weight excluding hydrogens is 363 g/mol. The number of esters is 1. The summed E-state index contributed by atoms with van der Waals surface area (Å²) < 4.78 is 42.6. The number of hydrogen-bond donors (Lipinski definition) is 0. The van der Waals surface area contributed by atoms with Gasteiger partial charge in [-0.15, -0.1) is 0 Å². The summed E-state index contributed by atoms with van der Waals surface area (Å²) in [6, 6.07) is 7.48. The molecule has 1 unspecified atom stereocenters. The van der Waals surface area contributed by atoms with Gasteiger partial charge in [-0.2, -0.15) is 0 Å². The standard InChI is InChI=1S/C17H23O8P/c1-12(25-26(19,21-3)22-4)16-14(11-24-17(16)18)10-23-9-13-5-7-15(20-2)8-6-13/h5-8,14H,9-11H2,1-4H3/b16-12-. The quantitative estimate of drug-likeness (QED) is 0.277. The smallest absolute Gasteiger partial charge is 0.497 e. The van der Waals surface area contributed by atoms with E-state index < -0.39 is 13.8 Å². The first kappa shape index (κ1) is 20.5. The van der Waals surface area contributed by atoms with Crippen LogP contribution in [0.25, 0.3) is 0 Å². The molecule has 1 saturated heterocycles.